The normalized spacial score (nSPS) is 14.3. The Morgan fingerprint density at radius 2 is 1.77 bits per heavy atom. The Bertz CT molecular complexity index is 748. The van der Waals surface area contributed by atoms with Crippen LogP contribution < -0.4 is 0 Å². The fourth-order valence-corrected chi connectivity index (χ4v) is 3.31. The van der Waals surface area contributed by atoms with E-state index in [0.29, 0.717) is 24.2 Å². The number of aliphatic hydroxyl groups is 1. The largest absolute Gasteiger partial charge is 0.389 e. The zero-order valence-corrected chi connectivity index (χ0v) is 12.6. The molecule has 0 saturated carbocycles. The number of likely N-dealkylation sites (tertiary alicyclic amines) is 1. The van der Waals surface area contributed by atoms with Crippen LogP contribution in [0.5, 0.6) is 0 Å². The topological polar surface area (TPSA) is 64.3 Å². The van der Waals surface area contributed by atoms with Crippen LogP contribution in [0.25, 0.3) is 0 Å². The molecule has 0 bridgehead atoms. The summed E-state index contributed by atoms with van der Waals surface area (Å²) in [6.45, 7) is 0.763. The fraction of sp³-hybridized carbons (Fsp3) is 0.176. The van der Waals surface area contributed by atoms with E-state index in [1.165, 1.54) is 11.8 Å². The van der Waals surface area contributed by atoms with Crippen molar-refractivity contribution in [1.29, 1.82) is 5.26 Å². The molecule has 22 heavy (non-hydrogen) atoms. The Labute approximate surface area is 133 Å². The second kappa shape index (κ2) is 6.22. The number of hydrogen-bond donors (Lipinski definition) is 1. The van der Waals surface area contributed by atoms with Crippen LogP contribution in [0.1, 0.15) is 15.9 Å². The lowest BCUT2D eigenvalue weighted by Crippen LogP contribution is -2.53. The van der Waals surface area contributed by atoms with Crippen molar-refractivity contribution >= 4 is 17.7 Å². The van der Waals surface area contributed by atoms with Crippen LogP contribution in [-0.4, -0.2) is 35.1 Å². The Morgan fingerprint density at radius 3 is 2.45 bits per heavy atom. The Kier molecular flexibility index (Phi) is 4.14. The van der Waals surface area contributed by atoms with Gasteiger partial charge in [-0.1, -0.05) is 36.0 Å². The lowest BCUT2D eigenvalue weighted by molar-refractivity contribution is 0.00566. The highest BCUT2D eigenvalue weighted by Gasteiger charge is 2.30. The fourth-order valence-electron chi connectivity index (χ4n) is 2.29. The van der Waals surface area contributed by atoms with Crippen LogP contribution >= 0.6 is 11.8 Å². The molecule has 0 atom stereocenters. The predicted molar refractivity (Wildman–Crippen MR) is 83.6 cm³/mol. The van der Waals surface area contributed by atoms with E-state index in [-0.39, 0.29) is 5.91 Å². The van der Waals surface area contributed by atoms with Gasteiger partial charge in [-0.2, -0.15) is 5.26 Å². The Morgan fingerprint density at radius 1 is 1.14 bits per heavy atom. The Hall–Kier alpha value is -2.29. The monoisotopic (exact) mass is 310 g/mol. The highest BCUT2D eigenvalue weighted by Crippen LogP contribution is 2.33. The van der Waals surface area contributed by atoms with Crippen molar-refractivity contribution in [3.05, 3.63) is 59.7 Å². The first kappa shape index (κ1) is 14.6. The van der Waals surface area contributed by atoms with Gasteiger partial charge in [0.25, 0.3) is 5.91 Å². The van der Waals surface area contributed by atoms with Gasteiger partial charge in [-0.05, 0) is 24.3 Å². The van der Waals surface area contributed by atoms with E-state index in [4.69, 9.17) is 0 Å². The Balaban J connectivity index is 1.89. The predicted octanol–water partition coefficient (Wildman–Crippen LogP) is 2.53. The number of hydrogen-bond acceptors (Lipinski definition) is 4. The van der Waals surface area contributed by atoms with Gasteiger partial charge in [0.1, 0.15) is 6.07 Å². The summed E-state index contributed by atoms with van der Waals surface area (Å²) in [4.78, 5) is 15.7. The molecular weight excluding hydrogens is 296 g/mol. The van der Waals surface area contributed by atoms with Crippen molar-refractivity contribution in [3.63, 3.8) is 0 Å². The van der Waals surface area contributed by atoms with E-state index in [1.54, 1.807) is 17.0 Å². The number of rotatable bonds is 3. The van der Waals surface area contributed by atoms with Crippen LogP contribution in [0.4, 0.5) is 0 Å². The van der Waals surface area contributed by atoms with Gasteiger partial charge in [0, 0.05) is 22.9 Å². The van der Waals surface area contributed by atoms with Gasteiger partial charge in [-0.3, -0.25) is 4.79 Å². The first-order valence-corrected chi connectivity index (χ1v) is 7.74. The number of benzene rings is 2. The maximum atomic E-state index is 12.5. The molecule has 1 aliphatic heterocycles. The molecule has 0 unspecified atom stereocenters. The lowest BCUT2D eigenvalue weighted by Gasteiger charge is -2.36. The summed E-state index contributed by atoms with van der Waals surface area (Å²) in [5, 5.41) is 18.5. The number of carbonyl (C=O) groups excluding carboxylic acids is 1. The molecule has 0 radical (unpaired) electrons. The molecule has 1 heterocycles. The minimum absolute atomic E-state index is 0.0807. The minimum Gasteiger partial charge on any atom is -0.389 e. The number of β-amino-alcohol motifs (C(OH)–C–C–N with tert-alkyl or cyclic N) is 1. The average Bonchev–Trinajstić information content (AvgIpc) is 2.52. The summed E-state index contributed by atoms with van der Waals surface area (Å²) in [6.07, 6.45) is -0.414. The zero-order valence-electron chi connectivity index (χ0n) is 11.8. The van der Waals surface area contributed by atoms with Gasteiger partial charge in [0.15, 0.2) is 0 Å². The summed E-state index contributed by atoms with van der Waals surface area (Å²) in [7, 11) is 0. The maximum absolute atomic E-state index is 12.5. The standard InChI is InChI=1S/C17H14N2O2S/c18-9-12-5-1-3-7-15(12)22-16-8-4-2-6-14(16)17(21)19-10-13(20)11-19/h1-8,13,20H,10-11H2. The van der Waals surface area contributed by atoms with E-state index >= 15 is 0 Å². The van der Waals surface area contributed by atoms with Crippen molar-refractivity contribution in [3.8, 4) is 6.07 Å². The lowest BCUT2D eigenvalue weighted by atomic mass is 10.1. The SMILES string of the molecule is N#Cc1ccccc1Sc1ccccc1C(=O)N1CC(O)C1. The van der Waals surface area contributed by atoms with Gasteiger partial charge in [-0.25, -0.2) is 0 Å². The summed E-state index contributed by atoms with van der Waals surface area (Å²) < 4.78 is 0. The number of carbonyl (C=O) groups is 1. The second-order valence-electron chi connectivity index (χ2n) is 5.07. The number of aliphatic hydroxyl groups excluding tert-OH is 1. The third-order valence-electron chi connectivity index (χ3n) is 3.49. The molecule has 1 fully saturated rings. The van der Waals surface area contributed by atoms with Crippen LogP contribution in [0.3, 0.4) is 0 Å². The quantitative estimate of drug-likeness (QED) is 0.946. The van der Waals surface area contributed by atoms with E-state index < -0.39 is 6.10 Å². The summed E-state index contributed by atoms with van der Waals surface area (Å²) in [5.41, 5.74) is 1.20. The smallest absolute Gasteiger partial charge is 0.255 e. The van der Waals surface area contributed by atoms with Crippen molar-refractivity contribution in [1.82, 2.24) is 4.90 Å². The molecule has 2 aromatic rings. The number of amides is 1. The van der Waals surface area contributed by atoms with Gasteiger partial charge in [0.2, 0.25) is 0 Å². The van der Waals surface area contributed by atoms with Gasteiger partial charge in [-0.15, -0.1) is 0 Å². The molecule has 5 heteroatoms. The molecule has 0 aliphatic carbocycles. The maximum Gasteiger partial charge on any atom is 0.255 e. The third kappa shape index (κ3) is 2.84. The van der Waals surface area contributed by atoms with Gasteiger partial charge < -0.3 is 10.0 Å². The first-order chi connectivity index (χ1) is 10.7. The van der Waals surface area contributed by atoms with Crippen molar-refractivity contribution < 1.29 is 9.90 Å². The van der Waals surface area contributed by atoms with E-state index in [1.807, 2.05) is 36.4 Å². The molecule has 1 amide bonds. The molecule has 0 spiro atoms. The van der Waals surface area contributed by atoms with E-state index in [2.05, 4.69) is 6.07 Å². The summed E-state index contributed by atoms with van der Waals surface area (Å²) in [5.74, 6) is -0.0807. The highest BCUT2D eigenvalue weighted by molar-refractivity contribution is 7.99. The molecule has 1 N–H and O–H groups in total. The molecular formula is C17H14N2O2S. The van der Waals surface area contributed by atoms with Gasteiger partial charge >= 0.3 is 0 Å². The van der Waals surface area contributed by atoms with Crippen molar-refractivity contribution in [2.45, 2.75) is 15.9 Å². The molecule has 4 nitrogen and oxygen atoms in total. The zero-order chi connectivity index (χ0) is 15.5. The molecule has 0 aromatic heterocycles. The van der Waals surface area contributed by atoms with Gasteiger partial charge in [0.05, 0.1) is 17.2 Å². The second-order valence-corrected chi connectivity index (χ2v) is 6.15. The number of nitriles is 1. The molecule has 110 valence electrons. The minimum atomic E-state index is -0.414. The van der Waals surface area contributed by atoms with Crippen molar-refractivity contribution in [2.24, 2.45) is 0 Å². The summed E-state index contributed by atoms with van der Waals surface area (Å²) >= 11 is 1.41. The van der Waals surface area contributed by atoms with Crippen LogP contribution in [-0.2, 0) is 0 Å². The highest BCUT2D eigenvalue weighted by atomic mass is 32.2. The number of nitrogens with zero attached hydrogens (tertiary/aromatic N) is 2. The molecule has 2 aromatic carbocycles. The average molecular weight is 310 g/mol. The molecule has 1 saturated heterocycles. The first-order valence-electron chi connectivity index (χ1n) is 6.92. The molecule has 1 aliphatic rings. The summed E-state index contributed by atoms with van der Waals surface area (Å²) in [6, 6.07) is 16.9. The van der Waals surface area contributed by atoms with E-state index in [9.17, 15) is 15.2 Å². The van der Waals surface area contributed by atoms with E-state index in [0.717, 1.165) is 9.79 Å². The van der Waals surface area contributed by atoms with Crippen LogP contribution in [0.2, 0.25) is 0 Å². The van der Waals surface area contributed by atoms with Crippen LogP contribution in [0, 0.1) is 11.3 Å². The molecule has 3 rings (SSSR count). The van der Waals surface area contributed by atoms with Crippen LogP contribution in [0.15, 0.2) is 58.3 Å². The third-order valence-corrected chi connectivity index (χ3v) is 4.65. The van der Waals surface area contributed by atoms with Crippen molar-refractivity contribution in [2.75, 3.05) is 13.1 Å².